The fourth-order valence-electron chi connectivity index (χ4n) is 1.95. The van der Waals surface area contributed by atoms with Gasteiger partial charge < -0.3 is 5.73 Å². The Hall–Kier alpha value is -2.14. The van der Waals surface area contributed by atoms with E-state index in [0.717, 1.165) is 21.7 Å². The van der Waals surface area contributed by atoms with Crippen molar-refractivity contribution in [2.75, 3.05) is 5.73 Å². The normalized spacial score (nSPS) is 10.9. The smallest absolute Gasteiger partial charge is 0.140 e. The molecular weight excluding hydrogens is 278 g/mol. The van der Waals surface area contributed by atoms with Gasteiger partial charge in [-0.25, -0.2) is 8.78 Å². The number of nitrogens with two attached hydrogens (primary N) is 1. The largest absolute Gasteiger partial charge is 0.398 e. The fraction of sp³-hybridized carbons (Fsp3) is 0. The molecule has 0 aliphatic rings. The Morgan fingerprint density at radius 1 is 0.950 bits per heavy atom. The average molecular weight is 288 g/mol. The molecule has 0 unspecified atom stereocenters. The highest BCUT2D eigenvalue weighted by atomic mass is 32.2. The minimum absolute atomic E-state index is 0.362. The predicted octanol–water partition coefficient (Wildman–Crippen LogP) is 4.25. The Morgan fingerprint density at radius 2 is 1.75 bits per heavy atom. The quantitative estimate of drug-likeness (QED) is 0.717. The first kappa shape index (κ1) is 12.9. The zero-order chi connectivity index (χ0) is 14.1. The van der Waals surface area contributed by atoms with E-state index in [4.69, 9.17) is 5.73 Å². The fourth-order valence-corrected chi connectivity index (χ4v) is 2.89. The summed E-state index contributed by atoms with van der Waals surface area (Å²) in [4.78, 5) is 5.26. The van der Waals surface area contributed by atoms with Crippen LogP contribution in [0.1, 0.15) is 0 Å². The number of pyridine rings is 1. The molecule has 2 N–H and O–H groups in total. The van der Waals surface area contributed by atoms with E-state index in [2.05, 4.69) is 4.98 Å². The van der Waals surface area contributed by atoms with Crippen LogP contribution < -0.4 is 5.73 Å². The van der Waals surface area contributed by atoms with Gasteiger partial charge in [-0.1, -0.05) is 11.8 Å². The van der Waals surface area contributed by atoms with Crippen molar-refractivity contribution in [2.24, 2.45) is 0 Å². The Balaban J connectivity index is 2.09. The molecule has 0 fully saturated rings. The average Bonchev–Trinajstić information content (AvgIpc) is 2.45. The summed E-state index contributed by atoms with van der Waals surface area (Å²) in [5, 5.41) is 1.72. The van der Waals surface area contributed by atoms with Gasteiger partial charge in [0.05, 0.1) is 0 Å². The van der Waals surface area contributed by atoms with E-state index < -0.39 is 11.6 Å². The van der Waals surface area contributed by atoms with E-state index in [9.17, 15) is 8.78 Å². The maximum absolute atomic E-state index is 13.7. The van der Waals surface area contributed by atoms with Crippen molar-refractivity contribution in [1.82, 2.24) is 4.98 Å². The number of benzene rings is 2. The summed E-state index contributed by atoms with van der Waals surface area (Å²) in [6.45, 7) is 0. The van der Waals surface area contributed by atoms with Gasteiger partial charge in [-0.05, 0) is 30.3 Å². The molecule has 0 saturated carbocycles. The molecule has 1 heterocycles. The minimum Gasteiger partial charge on any atom is -0.398 e. The third-order valence-electron chi connectivity index (χ3n) is 2.93. The van der Waals surface area contributed by atoms with Gasteiger partial charge in [-0.2, -0.15) is 0 Å². The third kappa shape index (κ3) is 2.32. The summed E-state index contributed by atoms with van der Waals surface area (Å²) >= 11 is 1.22. The lowest BCUT2D eigenvalue weighted by Gasteiger charge is -2.08. The van der Waals surface area contributed by atoms with Crippen molar-refractivity contribution in [3.05, 3.63) is 60.4 Å². The Kier molecular flexibility index (Phi) is 3.28. The zero-order valence-corrected chi connectivity index (χ0v) is 11.1. The van der Waals surface area contributed by atoms with Crippen molar-refractivity contribution in [3.8, 4) is 0 Å². The van der Waals surface area contributed by atoms with E-state index in [1.54, 1.807) is 18.5 Å². The van der Waals surface area contributed by atoms with Crippen LogP contribution in [0.3, 0.4) is 0 Å². The molecule has 1 aromatic heterocycles. The van der Waals surface area contributed by atoms with E-state index >= 15 is 0 Å². The van der Waals surface area contributed by atoms with Crippen LogP contribution >= 0.6 is 11.8 Å². The second-order valence-electron chi connectivity index (χ2n) is 4.25. The highest BCUT2D eigenvalue weighted by Crippen LogP contribution is 2.36. The number of nitrogens with zero attached hydrogens (tertiary/aromatic N) is 1. The van der Waals surface area contributed by atoms with Crippen LogP contribution in [0.2, 0.25) is 0 Å². The first-order chi connectivity index (χ1) is 9.65. The van der Waals surface area contributed by atoms with E-state index in [1.165, 1.54) is 23.9 Å². The van der Waals surface area contributed by atoms with Gasteiger partial charge in [-0.15, -0.1) is 0 Å². The lowest BCUT2D eigenvalue weighted by atomic mass is 10.1. The van der Waals surface area contributed by atoms with Crippen molar-refractivity contribution in [1.29, 1.82) is 0 Å². The molecule has 3 aromatic rings. The van der Waals surface area contributed by atoms with E-state index in [1.807, 2.05) is 12.1 Å². The van der Waals surface area contributed by atoms with Crippen LogP contribution in [0.25, 0.3) is 10.8 Å². The number of halogens is 2. The highest BCUT2D eigenvalue weighted by molar-refractivity contribution is 7.99. The maximum Gasteiger partial charge on any atom is 0.140 e. The standard InChI is InChI=1S/C15H10F2N2S/c16-9-1-3-15(12(17)7-9)20-14-4-2-13(18)10-5-6-19-8-11(10)14/h1-8H,18H2. The van der Waals surface area contributed by atoms with Gasteiger partial charge >= 0.3 is 0 Å². The molecule has 0 radical (unpaired) electrons. The van der Waals surface area contributed by atoms with Crippen LogP contribution in [0.5, 0.6) is 0 Å². The van der Waals surface area contributed by atoms with Crippen molar-refractivity contribution in [3.63, 3.8) is 0 Å². The van der Waals surface area contributed by atoms with E-state index in [0.29, 0.717) is 10.6 Å². The van der Waals surface area contributed by atoms with Crippen LogP contribution in [0.4, 0.5) is 14.5 Å². The number of hydrogen-bond acceptors (Lipinski definition) is 3. The van der Waals surface area contributed by atoms with Crippen LogP contribution in [-0.2, 0) is 0 Å². The number of fused-ring (bicyclic) bond motifs is 1. The Labute approximate surface area is 118 Å². The van der Waals surface area contributed by atoms with Gasteiger partial charge in [0.1, 0.15) is 11.6 Å². The summed E-state index contributed by atoms with van der Waals surface area (Å²) < 4.78 is 26.6. The molecule has 0 amide bonds. The molecule has 0 saturated heterocycles. The molecule has 0 bridgehead atoms. The van der Waals surface area contributed by atoms with Crippen molar-refractivity contribution < 1.29 is 8.78 Å². The zero-order valence-electron chi connectivity index (χ0n) is 10.3. The van der Waals surface area contributed by atoms with Gasteiger partial charge in [0, 0.05) is 44.7 Å². The molecule has 0 aliphatic heterocycles. The number of rotatable bonds is 2. The lowest BCUT2D eigenvalue weighted by molar-refractivity contribution is 0.566. The molecule has 5 heteroatoms. The molecule has 20 heavy (non-hydrogen) atoms. The lowest BCUT2D eigenvalue weighted by Crippen LogP contribution is -1.90. The Bertz CT molecular complexity index is 790. The van der Waals surface area contributed by atoms with Gasteiger partial charge in [0.15, 0.2) is 0 Å². The summed E-state index contributed by atoms with van der Waals surface area (Å²) in [7, 11) is 0. The number of hydrogen-bond donors (Lipinski definition) is 1. The predicted molar refractivity (Wildman–Crippen MR) is 76.6 cm³/mol. The molecule has 2 aromatic carbocycles. The number of aromatic nitrogens is 1. The molecule has 0 spiro atoms. The van der Waals surface area contributed by atoms with E-state index in [-0.39, 0.29) is 0 Å². The summed E-state index contributed by atoms with van der Waals surface area (Å²) in [5.41, 5.74) is 6.55. The molecule has 0 aliphatic carbocycles. The highest BCUT2D eigenvalue weighted by Gasteiger charge is 2.09. The monoisotopic (exact) mass is 288 g/mol. The molecular formula is C15H10F2N2S. The molecule has 100 valence electrons. The van der Waals surface area contributed by atoms with Crippen molar-refractivity contribution in [2.45, 2.75) is 9.79 Å². The summed E-state index contributed by atoms with van der Waals surface area (Å²) in [6.07, 6.45) is 3.35. The minimum atomic E-state index is -0.587. The third-order valence-corrected chi connectivity index (χ3v) is 4.05. The Morgan fingerprint density at radius 3 is 2.55 bits per heavy atom. The van der Waals surface area contributed by atoms with Crippen LogP contribution in [0, 0.1) is 11.6 Å². The second kappa shape index (κ2) is 5.09. The van der Waals surface area contributed by atoms with Crippen LogP contribution in [0.15, 0.2) is 58.6 Å². The first-order valence-electron chi connectivity index (χ1n) is 5.90. The molecule has 2 nitrogen and oxygen atoms in total. The summed E-state index contributed by atoms with van der Waals surface area (Å²) in [5.74, 6) is -1.17. The molecule has 3 rings (SSSR count). The SMILES string of the molecule is Nc1ccc(Sc2ccc(F)cc2F)c2cnccc12. The van der Waals surface area contributed by atoms with Gasteiger partial charge in [0.25, 0.3) is 0 Å². The van der Waals surface area contributed by atoms with Crippen LogP contribution in [-0.4, -0.2) is 4.98 Å². The van der Waals surface area contributed by atoms with Gasteiger partial charge in [-0.3, -0.25) is 4.98 Å². The number of anilines is 1. The first-order valence-corrected chi connectivity index (χ1v) is 6.72. The molecule has 0 atom stereocenters. The summed E-state index contributed by atoms with van der Waals surface area (Å²) in [6, 6.07) is 8.94. The maximum atomic E-state index is 13.7. The topological polar surface area (TPSA) is 38.9 Å². The second-order valence-corrected chi connectivity index (χ2v) is 5.33. The van der Waals surface area contributed by atoms with Crippen molar-refractivity contribution >= 4 is 28.2 Å². The number of nitrogen functional groups attached to an aromatic ring is 1. The van der Waals surface area contributed by atoms with Gasteiger partial charge in [0.2, 0.25) is 0 Å².